The minimum Gasteiger partial charge on any atom is -0.356 e. The molecule has 0 atom stereocenters. The third-order valence-electron chi connectivity index (χ3n) is 2.28. The molecule has 1 amide bonds. The minimum atomic E-state index is -0.0976. The Morgan fingerprint density at radius 3 is 2.59 bits per heavy atom. The Hall–Kier alpha value is -1.39. The van der Waals surface area contributed by atoms with Crippen molar-refractivity contribution in [3.05, 3.63) is 11.9 Å². The molecule has 5 heteroatoms. The second-order valence-electron chi connectivity index (χ2n) is 5.70. The van der Waals surface area contributed by atoms with E-state index in [9.17, 15) is 4.79 Å². The Balaban J connectivity index is 2.52. The molecule has 1 heterocycles. The van der Waals surface area contributed by atoms with Gasteiger partial charge < -0.3 is 5.32 Å². The largest absolute Gasteiger partial charge is 0.356 e. The van der Waals surface area contributed by atoms with Gasteiger partial charge in [0.15, 0.2) is 0 Å². The fraction of sp³-hybridized carbons (Fsp3) is 0.750. The van der Waals surface area contributed by atoms with Gasteiger partial charge >= 0.3 is 0 Å². The van der Waals surface area contributed by atoms with Crippen LogP contribution in [0.15, 0.2) is 6.20 Å². The maximum Gasteiger partial charge on any atom is 0.226 e. The van der Waals surface area contributed by atoms with E-state index in [2.05, 4.69) is 29.5 Å². The maximum absolute atomic E-state index is 11.6. The van der Waals surface area contributed by atoms with Crippen molar-refractivity contribution in [3.63, 3.8) is 0 Å². The number of rotatable bonds is 4. The molecule has 0 saturated carbocycles. The van der Waals surface area contributed by atoms with Crippen LogP contribution in [0.4, 0.5) is 0 Å². The van der Waals surface area contributed by atoms with Crippen molar-refractivity contribution < 1.29 is 4.79 Å². The highest BCUT2D eigenvalue weighted by molar-refractivity contribution is 5.77. The Kier molecular flexibility index (Phi) is 4.26. The smallest absolute Gasteiger partial charge is 0.226 e. The van der Waals surface area contributed by atoms with E-state index >= 15 is 0 Å². The number of nitrogens with one attached hydrogen (secondary N) is 1. The summed E-state index contributed by atoms with van der Waals surface area (Å²) in [5.41, 5.74) is 0.612. The van der Waals surface area contributed by atoms with E-state index < -0.39 is 0 Å². The van der Waals surface area contributed by atoms with Crippen LogP contribution in [0.5, 0.6) is 0 Å². The summed E-state index contributed by atoms with van der Waals surface area (Å²) in [5, 5.41) is 10.9. The molecule has 0 aromatic carbocycles. The first-order valence-electron chi connectivity index (χ1n) is 5.97. The van der Waals surface area contributed by atoms with Crippen LogP contribution < -0.4 is 5.32 Å². The lowest BCUT2D eigenvalue weighted by molar-refractivity contribution is -0.120. The Morgan fingerprint density at radius 1 is 1.47 bits per heavy atom. The molecule has 1 N–H and O–H groups in total. The molecule has 1 rings (SSSR count). The van der Waals surface area contributed by atoms with Crippen molar-refractivity contribution in [2.75, 3.05) is 6.54 Å². The molecule has 1 aromatic rings. The number of hydrogen-bond acceptors (Lipinski definition) is 3. The van der Waals surface area contributed by atoms with Gasteiger partial charge in [-0.25, -0.2) is 4.68 Å². The van der Waals surface area contributed by atoms with Crippen molar-refractivity contribution in [3.8, 4) is 0 Å². The fourth-order valence-electron chi connectivity index (χ4n) is 1.25. The normalized spacial score (nSPS) is 11.9. The van der Waals surface area contributed by atoms with E-state index in [4.69, 9.17) is 0 Å². The summed E-state index contributed by atoms with van der Waals surface area (Å²) in [6.07, 6.45) is 2.12. The Labute approximate surface area is 103 Å². The van der Waals surface area contributed by atoms with Crippen molar-refractivity contribution in [2.24, 2.45) is 5.92 Å². The highest BCUT2D eigenvalue weighted by Crippen LogP contribution is 2.11. The number of aromatic nitrogens is 3. The topological polar surface area (TPSA) is 59.8 Å². The van der Waals surface area contributed by atoms with Crippen molar-refractivity contribution >= 4 is 5.91 Å². The molecule has 0 spiro atoms. The lowest BCUT2D eigenvalue weighted by Gasteiger charge is -2.17. The fourth-order valence-corrected chi connectivity index (χ4v) is 1.25. The molecular formula is C12H22N4O. The van der Waals surface area contributed by atoms with Gasteiger partial charge in [0.1, 0.15) is 0 Å². The van der Waals surface area contributed by atoms with Crippen LogP contribution in [0.25, 0.3) is 0 Å². The van der Waals surface area contributed by atoms with Crippen molar-refractivity contribution in [1.82, 2.24) is 20.3 Å². The van der Waals surface area contributed by atoms with Crippen LogP contribution in [-0.2, 0) is 16.8 Å². The third-order valence-corrected chi connectivity index (χ3v) is 2.28. The van der Waals surface area contributed by atoms with Gasteiger partial charge in [0, 0.05) is 12.7 Å². The van der Waals surface area contributed by atoms with Gasteiger partial charge in [-0.15, -0.1) is 5.10 Å². The van der Waals surface area contributed by atoms with Gasteiger partial charge in [-0.3, -0.25) is 4.79 Å². The average molecular weight is 238 g/mol. The van der Waals surface area contributed by atoms with Crippen LogP contribution in [0.1, 0.15) is 40.3 Å². The summed E-state index contributed by atoms with van der Waals surface area (Å²) in [6, 6.07) is 0. The van der Waals surface area contributed by atoms with Crippen LogP contribution in [-0.4, -0.2) is 27.4 Å². The van der Waals surface area contributed by atoms with Crippen molar-refractivity contribution in [2.45, 2.75) is 46.6 Å². The lowest BCUT2D eigenvalue weighted by Crippen LogP contribution is -2.28. The van der Waals surface area contributed by atoms with E-state index in [1.165, 1.54) is 0 Å². The van der Waals surface area contributed by atoms with Crippen LogP contribution >= 0.6 is 0 Å². The molecule has 96 valence electrons. The predicted molar refractivity (Wildman–Crippen MR) is 66.6 cm³/mol. The molecule has 0 aliphatic carbocycles. The zero-order valence-electron chi connectivity index (χ0n) is 11.3. The summed E-state index contributed by atoms with van der Waals surface area (Å²) < 4.78 is 1.78. The zero-order valence-corrected chi connectivity index (χ0v) is 11.3. The Morgan fingerprint density at radius 2 is 2.12 bits per heavy atom. The van der Waals surface area contributed by atoms with Gasteiger partial charge in [0.25, 0.3) is 0 Å². The van der Waals surface area contributed by atoms with Crippen LogP contribution in [0.2, 0.25) is 0 Å². The SMILES string of the molecule is CC(C)CNC(=O)Cc1cn(C(C)(C)C)nn1. The van der Waals surface area contributed by atoms with Crippen LogP contribution in [0, 0.1) is 5.92 Å². The molecule has 0 saturated heterocycles. The molecule has 0 bridgehead atoms. The first-order chi connectivity index (χ1) is 7.79. The molecule has 1 aromatic heterocycles. The molecule has 0 radical (unpaired) electrons. The number of carbonyl (C=O) groups excluding carboxylic acids is 1. The van der Waals surface area contributed by atoms with Gasteiger partial charge in [-0.2, -0.15) is 0 Å². The minimum absolute atomic E-state index is 0.000316. The van der Waals surface area contributed by atoms with Gasteiger partial charge in [0.2, 0.25) is 5.91 Å². The standard InChI is InChI=1S/C12H22N4O/c1-9(2)7-13-11(17)6-10-8-16(15-14-10)12(3,4)5/h8-9H,6-7H2,1-5H3,(H,13,17). The number of carbonyl (C=O) groups is 1. The van der Waals surface area contributed by atoms with Gasteiger partial charge in [-0.1, -0.05) is 19.1 Å². The van der Waals surface area contributed by atoms with E-state index in [0.29, 0.717) is 24.6 Å². The highest BCUT2D eigenvalue weighted by Gasteiger charge is 2.16. The average Bonchev–Trinajstić information content (AvgIpc) is 2.62. The quantitative estimate of drug-likeness (QED) is 0.861. The van der Waals surface area contributed by atoms with Gasteiger partial charge in [0.05, 0.1) is 17.7 Å². The first kappa shape index (κ1) is 13.7. The number of hydrogen-bond donors (Lipinski definition) is 1. The summed E-state index contributed by atoms with van der Waals surface area (Å²) in [5.74, 6) is 0.462. The predicted octanol–water partition coefficient (Wildman–Crippen LogP) is 1.35. The molecule has 0 unspecified atom stereocenters. The number of nitrogens with zero attached hydrogens (tertiary/aromatic N) is 3. The van der Waals surface area contributed by atoms with E-state index in [0.717, 1.165) is 0 Å². The first-order valence-corrected chi connectivity index (χ1v) is 5.97. The molecule has 0 aliphatic heterocycles. The van der Waals surface area contributed by atoms with E-state index in [-0.39, 0.29) is 11.4 Å². The van der Waals surface area contributed by atoms with Gasteiger partial charge in [-0.05, 0) is 26.7 Å². The summed E-state index contributed by atoms with van der Waals surface area (Å²) >= 11 is 0. The van der Waals surface area contributed by atoms with Crippen molar-refractivity contribution in [1.29, 1.82) is 0 Å². The summed E-state index contributed by atoms with van der Waals surface area (Å²) in [4.78, 5) is 11.6. The molecular weight excluding hydrogens is 216 g/mol. The van der Waals surface area contributed by atoms with E-state index in [1.807, 2.05) is 27.0 Å². The number of amides is 1. The highest BCUT2D eigenvalue weighted by atomic mass is 16.1. The Bertz CT molecular complexity index is 376. The third kappa shape index (κ3) is 4.54. The second kappa shape index (κ2) is 5.29. The summed E-state index contributed by atoms with van der Waals surface area (Å²) in [6.45, 7) is 11.0. The van der Waals surface area contributed by atoms with Crippen LogP contribution in [0.3, 0.4) is 0 Å². The lowest BCUT2D eigenvalue weighted by atomic mass is 10.1. The maximum atomic E-state index is 11.6. The second-order valence-corrected chi connectivity index (χ2v) is 5.70. The molecule has 0 aliphatic rings. The molecule has 17 heavy (non-hydrogen) atoms. The van der Waals surface area contributed by atoms with E-state index in [1.54, 1.807) is 4.68 Å². The monoisotopic (exact) mass is 238 g/mol. The molecule has 0 fully saturated rings. The summed E-state index contributed by atoms with van der Waals surface area (Å²) in [7, 11) is 0. The zero-order chi connectivity index (χ0) is 13.1. The molecule has 5 nitrogen and oxygen atoms in total.